The summed E-state index contributed by atoms with van der Waals surface area (Å²) in [6.45, 7) is 4.23. The van der Waals surface area contributed by atoms with Crippen LogP contribution in [0.5, 0.6) is 0 Å². The minimum atomic E-state index is -0.925. The van der Waals surface area contributed by atoms with Crippen LogP contribution in [0.4, 0.5) is 13.9 Å². The van der Waals surface area contributed by atoms with Gasteiger partial charge >= 0.3 is 0 Å². The average Bonchev–Trinajstić information content (AvgIpc) is 3.03. The molecular formula is C18H15F2N3OS. The molecule has 0 saturated carbocycles. The highest BCUT2D eigenvalue weighted by Gasteiger charge is 2.15. The van der Waals surface area contributed by atoms with E-state index in [1.165, 1.54) is 16.9 Å². The number of halogens is 2. The lowest BCUT2D eigenvalue weighted by Gasteiger charge is -2.05. The van der Waals surface area contributed by atoms with Crippen LogP contribution in [0, 0.1) is 11.6 Å². The van der Waals surface area contributed by atoms with Crippen LogP contribution in [0.25, 0.3) is 10.6 Å². The Morgan fingerprint density at radius 3 is 2.44 bits per heavy atom. The Hall–Kier alpha value is -2.67. The van der Waals surface area contributed by atoms with Crippen LogP contribution in [-0.2, 0) is 0 Å². The van der Waals surface area contributed by atoms with Gasteiger partial charge in [0, 0.05) is 11.6 Å². The summed E-state index contributed by atoms with van der Waals surface area (Å²) in [5, 5.41) is 11.3. The summed E-state index contributed by atoms with van der Waals surface area (Å²) in [6.07, 6.45) is 0. The summed E-state index contributed by atoms with van der Waals surface area (Å²) < 4.78 is 26.6. The second kappa shape index (κ2) is 7.06. The molecule has 0 atom stereocenters. The number of hydrogen-bond donors (Lipinski definition) is 1. The smallest absolute Gasteiger partial charge is 0.260 e. The SMILES string of the molecule is CC(C)c1ccc(-c2nnc(NC(=O)c3ccc(F)cc3F)s2)cc1. The molecule has 1 aromatic heterocycles. The van der Waals surface area contributed by atoms with Gasteiger partial charge < -0.3 is 0 Å². The van der Waals surface area contributed by atoms with Gasteiger partial charge in [0.05, 0.1) is 5.56 Å². The van der Waals surface area contributed by atoms with E-state index in [4.69, 9.17) is 0 Å². The largest absolute Gasteiger partial charge is 0.296 e. The van der Waals surface area contributed by atoms with E-state index in [0.29, 0.717) is 17.0 Å². The molecule has 1 heterocycles. The molecular weight excluding hydrogens is 344 g/mol. The summed E-state index contributed by atoms with van der Waals surface area (Å²) in [7, 11) is 0. The number of aromatic nitrogens is 2. The fraction of sp³-hybridized carbons (Fsp3) is 0.167. The maximum Gasteiger partial charge on any atom is 0.260 e. The lowest BCUT2D eigenvalue weighted by Crippen LogP contribution is -2.13. The van der Waals surface area contributed by atoms with Gasteiger partial charge in [-0.2, -0.15) is 0 Å². The van der Waals surface area contributed by atoms with Gasteiger partial charge in [0.25, 0.3) is 5.91 Å². The number of amides is 1. The van der Waals surface area contributed by atoms with E-state index in [2.05, 4.69) is 29.4 Å². The minimum Gasteiger partial charge on any atom is -0.296 e. The zero-order valence-electron chi connectivity index (χ0n) is 13.6. The molecule has 0 aliphatic heterocycles. The van der Waals surface area contributed by atoms with Crippen LogP contribution in [0.3, 0.4) is 0 Å². The van der Waals surface area contributed by atoms with Crippen molar-refractivity contribution in [2.75, 3.05) is 5.32 Å². The van der Waals surface area contributed by atoms with Crippen molar-refractivity contribution in [3.8, 4) is 10.6 Å². The van der Waals surface area contributed by atoms with E-state index >= 15 is 0 Å². The van der Waals surface area contributed by atoms with E-state index in [-0.39, 0.29) is 10.7 Å². The van der Waals surface area contributed by atoms with Gasteiger partial charge in [-0.15, -0.1) is 10.2 Å². The van der Waals surface area contributed by atoms with E-state index in [1.54, 1.807) is 0 Å². The number of rotatable bonds is 4. The molecule has 3 rings (SSSR count). The number of carbonyl (C=O) groups excluding carboxylic acids is 1. The van der Waals surface area contributed by atoms with Crippen molar-refractivity contribution < 1.29 is 13.6 Å². The van der Waals surface area contributed by atoms with E-state index in [1.807, 2.05) is 24.3 Å². The normalized spacial score (nSPS) is 10.9. The number of nitrogens with one attached hydrogen (secondary N) is 1. The Kier molecular flexibility index (Phi) is 4.85. The highest BCUT2D eigenvalue weighted by molar-refractivity contribution is 7.18. The second-order valence-electron chi connectivity index (χ2n) is 5.77. The summed E-state index contributed by atoms with van der Waals surface area (Å²) in [4.78, 5) is 12.1. The average molecular weight is 359 g/mol. The van der Waals surface area contributed by atoms with Gasteiger partial charge in [0.15, 0.2) is 0 Å². The first-order chi connectivity index (χ1) is 11.9. The van der Waals surface area contributed by atoms with Gasteiger partial charge in [-0.3, -0.25) is 10.1 Å². The standard InChI is InChI=1S/C18H15F2N3OS/c1-10(2)11-3-5-12(6-4-11)17-22-23-18(25-17)21-16(24)14-8-7-13(19)9-15(14)20/h3-10H,1-2H3,(H,21,23,24). The van der Waals surface area contributed by atoms with E-state index in [0.717, 1.165) is 17.7 Å². The molecule has 3 aromatic rings. The van der Waals surface area contributed by atoms with Crippen LogP contribution >= 0.6 is 11.3 Å². The molecule has 7 heteroatoms. The molecule has 25 heavy (non-hydrogen) atoms. The quantitative estimate of drug-likeness (QED) is 0.724. The van der Waals surface area contributed by atoms with Crippen molar-refractivity contribution in [2.24, 2.45) is 0 Å². The monoisotopic (exact) mass is 359 g/mol. The second-order valence-corrected chi connectivity index (χ2v) is 6.74. The van der Waals surface area contributed by atoms with Crippen LogP contribution in [0.2, 0.25) is 0 Å². The van der Waals surface area contributed by atoms with Crippen molar-refractivity contribution in [3.05, 3.63) is 65.2 Å². The van der Waals surface area contributed by atoms with Crippen molar-refractivity contribution >= 4 is 22.4 Å². The molecule has 1 N–H and O–H groups in total. The Morgan fingerprint density at radius 2 is 1.80 bits per heavy atom. The predicted octanol–water partition coefficient (Wildman–Crippen LogP) is 4.86. The molecule has 0 unspecified atom stereocenters. The molecule has 0 spiro atoms. The molecule has 0 aliphatic rings. The van der Waals surface area contributed by atoms with Gasteiger partial charge in [-0.1, -0.05) is 49.4 Å². The number of carbonyl (C=O) groups is 1. The van der Waals surface area contributed by atoms with Crippen LogP contribution < -0.4 is 5.32 Å². The Morgan fingerprint density at radius 1 is 1.08 bits per heavy atom. The van der Waals surface area contributed by atoms with Crippen molar-refractivity contribution in [3.63, 3.8) is 0 Å². The molecule has 0 bridgehead atoms. The summed E-state index contributed by atoms with van der Waals surface area (Å²) in [5.74, 6) is -1.93. The fourth-order valence-corrected chi connectivity index (χ4v) is 2.98. The van der Waals surface area contributed by atoms with Crippen LogP contribution in [0.15, 0.2) is 42.5 Å². The minimum absolute atomic E-state index is 0.247. The third-order valence-electron chi connectivity index (χ3n) is 3.65. The maximum absolute atomic E-state index is 13.6. The van der Waals surface area contributed by atoms with Gasteiger partial charge in [-0.05, 0) is 23.6 Å². The van der Waals surface area contributed by atoms with E-state index in [9.17, 15) is 13.6 Å². The number of anilines is 1. The van der Waals surface area contributed by atoms with Crippen LogP contribution in [0.1, 0.15) is 35.7 Å². The Bertz CT molecular complexity index is 907. The van der Waals surface area contributed by atoms with Crippen molar-refractivity contribution in [1.82, 2.24) is 10.2 Å². The van der Waals surface area contributed by atoms with Crippen molar-refractivity contribution in [2.45, 2.75) is 19.8 Å². The van der Waals surface area contributed by atoms with E-state index < -0.39 is 17.5 Å². The first-order valence-electron chi connectivity index (χ1n) is 7.64. The summed E-state index contributed by atoms with van der Waals surface area (Å²) in [5.41, 5.74) is 1.85. The molecule has 0 radical (unpaired) electrons. The predicted molar refractivity (Wildman–Crippen MR) is 93.7 cm³/mol. The molecule has 2 aromatic carbocycles. The zero-order chi connectivity index (χ0) is 18.0. The highest BCUT2D eigenvalue weighted by atomic mass is 32.1. The third kappa shape index (κ3) is 3.88. The first kappa shape index (κ1) is 17.2. The zero-order valence-corrected chi connectivity index (χ0v) is 14.4. The summed E-state index contributed by atoms with van der Waals surface area (Å²) in [6, 6.07) is 10.7. The lowest BCUT2D eigenvalue weighted by atomic mass is 10.0. The van der Waals surface area contributed by atoms with Gasteiger partial charge in [0.1, 0.15) is 16.6 Å². The maximum atomic E-state index is 13.6. The number of hydrogen-bond acceptors (Lipinski definition) is 4. The lowest BCUT2D eigenvalue weighted by molar-refractivity contribution is 0.102. The van der Waals surface area contributed by atoms with Gasteiger partial charge in [0.2, 0.25) is 5.13 Å². The van der Waals surface area contributed by atoms with Crippen LogP contribution in [-0.4, -0.2) is 16.1 Å². The topological polar surface area (TPSA) is 54.9 Å². The third-order valence-corrected chi connectivity index (χ3v) is 4.53. The molecule has 0 aliphatic carbocycles. The Labute approximate surface area is 147 Å². The fourth-order valence-electron chi connectivity index (χ4n) is 2.24. The molecule has 128 valence electrons. The molecule has 0 saturated heterocycles. The highest BCUT2D eigenvalue weighted by Crippen LogP contribution is 2.28. The summed E-state index contributed by atoms with van der Waals surface area (Å²) >= 11 is 1.18. The molecule has 0 fully saturated rings. The van der Waals surface area contributed by atoms with Gasteiger partial charge in [-0.25, -0.2) is 8.78 Å². The molecule has 1 amide bonds. The first-order valence-corrected chi connectivity index (χ1v) is 8.46. The Balaban J connectivity index is 1.76. The number of nitrogens with zero attached hydrogens (tertiary/aromatic N) is 2. The number of benzene rings is 2. The molecule has 4 nitrogen and oxygen atoms in total. The van der Waals surface area contributed by atoms with Crippen molar-refractivity contribution in [1.29, 1.82) is 0 Å².